The Bertz CT molecular complexity index is 557. The molecule has 1 unspecified atom stereocenters. The van der Waals surface area contributed by atoms with Gasteiger partial charge < -0.3 is 10.8 Å². The van der Waals surface area contributed by atoms with Crippen LogP contribution in [-0.2, 0) is 19.3 Å². The minimum absolute atomic E-state index is 0.289. The van der Waals surface area contributed by atoms with Crippen molar-refractivity contribution in [3.05, 3.63) is 59.3 Å². The van der Waals surface area contributed by atoms with Crippen LogP contribution in [0.1, 0.15) is 16.7 Å². The van der Waals surface area contributed by atoms with Gasteiger partial charge in [0.1, 0.15) is 5.82 Å². The third-order valence-corrected chi connectivity index (χ3v) is 3.98. The van der Waals surface area contributed by atoms with E-state index in [0.29, 0.717) is 12.2 Å². The lowest BCUT2D eigenvalue weighted by molar-refractivity contribution is 0.113. The molecular formula is C16H18N2O. The fraction of sp³-hybridized carbons (Fsp3) is 0.312. The molecule has 0 radical (unpaired) electrons. The Morgan fingerprint density at radius 3 is 2.47 bits per heavy atom. The number of hydrogen-bond donors (Lipinski definition) is 2. The maximum atomic E-state index is 10.4. The molecule has 2 aromatic rings. The maximum absolute atomic E-state index is 10.4. The number of rotatable bonds is 3. The first-order chi connectivity index (χ1) is 9.24. The molecule has 3 nitrogen and oxygen atoms in total. The smallest absolute Gasteiger partial charge is 0.126 e. The van der Waals surface area contributed by atoms with Crippen molar-refractivity contribution in [3.8, 4) is 0 Å². The molecule has 1 aliphatic carbocycles. The van der Waals surface area contributed by atoms with Gasteiger partial charge >= 0.3 is 0 Å². The molecule has 0 amide bonds. The molecule has 1 aromatic carbocycles. The molecule has 0 spiro atoms. The van der Waals surface area contributed by atoms with Gasteiger partial charge in [-0.2, -0.15) is 0 Å². The molecule has 1 aromatic heterocycles. The van der Waals surface area contributed by atoms with Crippen LogP contribution < -0.4 is 5.73 Å². The van der Waals surface area contributed by atoms with Crippen LogP contribution in [0.25, 0.3) is 0 Å². The first kappa shape index (κ1) is 12.2. The number of nitrogen functional groups attached to an aromatic ring is 1. The number of hydrogen-bond acceptors (Lipinski definition) is 3. The standard InChI is InChI=1S/C16H18N2O/c17-16-13(6-3-7-18-16)10-15(19)14-8-11-4-1-2-5-12(11)9-14/h1-7,14-15,19H,8-10H2,(H2,17,18). The fourth-order valence-electron chi connectivity index (χ4n) is 2.88. The summed E-state index contributed by atoms with van der Waals surface area (Å²) in [4.78, 5) is 4.06. The monoisotopic (exact) mass is 254 g/mol. The molecule has 0 aliphatic heterocycles. The lowest BCUT2D eigenvalue weighted by Gasteiger charge is -2.18. The van der Waals surface area contributed by atoms with E-state index in [2.05, 4.69) is 29.2 Å². The largest absolute Gasteiger partial charge is 0.392 e. The van der Waals surface area contributed by atoms with Crippen molar-refractivity contribution < 1.29 is 5.11 Å². The van der Waals surface area contributed by atoms with E-state index in [9.17, 15) is 5.11 Å². The van der Waals surface area contributed by atoms with Crippen LogP contribution in [0.2, 0.25) is 0 Å². The molecule has 3 rings (SSSR count). The Hall–Kier alpha value is -1.87. The van der Waals surface area contributed by atoms with Crippen molar-refractivity contribution in [2.24, 2.45) is 5.92 Å². The van der Waals surface area contributed by atoms with Crippen LogP contribution in [0.4, 0.5) is 5.82 Å². The van der Waals surface area contributed by atoms with Crippen LogP contribution in [0.5, 0.6) is 0 Å². The lowest BCUT2D eigenvalue weighted by Crippen LogP contribution is -2.24. The second-order valence-electron chi connectivity index (χ2n) is 5.26. The second kappa shape index (κ2) is 5.02. The summed E-state index contributed by atoms with van der Waals surface area (Å²) >= 11 is 0. The topological polar surface area (TPSA) is 59.1 Å². The molecule has 0 saturated carbocycles. The van der Waals surface area contributed by atoms with Gasteiger partial charge in [0.15, 0.2) is 0 Å². The number of aliphatic hydroxyl groups excluding tert-OH is 1. The van der Waals surface area contributed by atoms with E-state index in [1.807, 2.05) is 12.1 Å². The van der Waals surface area contributed by atoms with Crippen LogP contribution in [0, 0.1) is 5.92 Å². The summed E-state index contributed by atoms with van der Waals surface area (Å²) in [5, 5.41) is 10.4. The van der Waals surface area contributed by atoms with Crippen molar-refractivity contribution in [1.82, 2.24) is 4.98 Å². The number of nitrogens with two attached hydrogens (primary N) is 1. The summed E-state index contributed by atoms with van der Waals surface area (Å²) in [5.74, 6) is 0.814. The van der Waals surface area contributed by atoms with E-state index >= 15 is 0 Å². The van der Waals surface area contributed by atoms with Gasteiger partial charge in [0.05, 0.1) is 6.10 Å². The van der Waals surface area contributed by atoms with E-state index in [0.717, 1.165) is 18.4 Å². The molecule has 19 heavy (non-hydrogen) atoms. The van der Waals surface area contributed by atoms with Gasteiger partial charge in [0.25, 0.3) is 0 Å². The zero-order chi connectivity index (χ0) is 13.2. The number of pyridine rings is 1. The number of aliphatic hydroxyl groups is 1. The van der Waals surface area contributed by atoms with Crippen LogP contribution >= 0.6 is 0 Å². The zero-order valence-electron chi connectivity index (χ0n) is 10.8. The molecule has 1 atom stereocenters. The molecule has 98 valence electrons. The Kier molecular flexibility index (Phi) is 3.22. The first-order valence-corrected chi connectivity index (χ1v) is 6.68. The molecule has 3 heteroatoms. The van der Waals surface area contributed by atoms with Gasteiger partial charge in [0, 0.05) is 12.6 Å². The maximum Gasteiger partial charge on any atom is 0.126 e. The molecule has 0 fully saturated rings. The number of aromatic nitrogens is 1. The molecule has 1 heterocycles. The van der Waals surface area contributed by atoms with Gasteiger partial charge in [-0.1, -0.05) is 30.3 Å². The van der Waals surface area contributed by atoms with Crippen molar-refractivity contribution >= 4 is 5.82 Å². The fourth-order valence-corrected chi connectivity index (χ4v) is 2.88. The van der Waals surface area contributed by atoms with Crippen molar-refractivity contribution in [2.75, 3.05) is 5.73 Å². The predicted molar refractivity (Wildman–Crippen MR) is 75.7 cm³/mol. The van der Waals surface area contributed by atoms with Crippen molar-refractivity contribution in [1.29, 1.82) is 0 Å². The molecule has 0 bridgehead atoms. The summed E-state index contributed by atoms with van der Waals surface area (Å²) in [6.07, 6.45) is 3.81. The average Bonchev–Trinajstić information content (AvgIpc) is 2.85. The summed E-state index contributed by atoms with van der Waals surface area (Å²) < 4.78 is 0. The minimum atomic E-state index is -0.362. The van der Waals surface area contributed by atoms with E-state index < -0.39 is 0 Å². The summed E-state index contributed by atoms with van der Waals surface area (Å²) in [7, 11) is 0. The highest BCUT2D eigenvalue weighted by Crippen LogP contribution is 2.30. The van der Waals surface area contributed by atoms with Gasteiger partial charge in [-0.15, -0.1) is 0 Å². The Balaban J connectivity index is 1.70. The summed E-state index contributed by atoms with van der Waals surface area (Å²) in [5.41, 5.74) is 9.50. The van der Waals surface area contributed by atoms with E-state index in [4.69, 9.17) is 5.73 Å². The van der Waals surface area contributed by atoms with Crippen LogP contribution in [-0.4, -0.2) is 16.2 Å². The van der Waals surface area contributed by atoms with Crippen LogP contribution in [0.15, 0.2) is 42.6 Å². The highest BCUT2D eigenvalue weighted by Gasteiger charge is 2.27. The predicted octanol–water partition coefficient (Wildman–Crippen LogP) is 1.98. The average molecular weight is 254 g/mol. The molecule has 3 N–H and O–H groups in total. The SMILES string of the molecule is Nc1ncccc1CC(O)C1Cc2ccccc2C1. The number of anilines is 1. The quantitative estimate of drug-likeness (QED) is 0.880. The normalized spacial score (nSPS) is 16.3. The zero-order valence-corrected chi connectivity index (χ0v) is 10.8. The molecule has 1 aliphatic rings. The summed E-state index contributed by atoms with van der Waals surface area (Å²) in [6.45, 7) is 0. The molecule has 0 saturated heterocycles. The number of fused-ring (bicyclic) bond motifs is 1. The third kappa shape index (κ3) is 2.47. The van der Waals surface area contributed by atoms with E-state index in [-0.39, 0.29) is 12.0 Å². The number of benzene rings is 1. The summed E-state index contributed by atoms with van der Waals surface area (Å²) in [6, 6.07) is 12.2. The van der Waals surface area contributed by atoms with E-state index in [1.165, 1.54) is 11.1 Å². The molecular weight excluding hydrogens is 236 g/mol. The Morgan fingerprint density at radius 2 is 1.84 bits per heavy atom. The van der Waals surface area contributed by atoms with Gasteiger partial charge in [-0.3, -0.25) is 0 Å². The third-order valence-electron chi connectivity index (χ3n) is 3.98. The van der Waals surface area contributed by atoms with E-state index in [1.54, 1.807) is 6.20 Å². The van der Waals surface area contributed by atoms with Gasteiger partial charge in [-0.25, -0.2) is 4.98 Å². The highest BCUT2D eigenvalue weighted by molar-refractivity contribution is 5.39. The Labute approximate surface area is 113 Å². The van der Waals surface area contributed by atoms with Crippen LogP contribution in [0.3, 0.4) is 0 Å². The van der Waals surface area contributed by atoms with Crippen molar-refractivity contribution in [3.63, 3.8) is 0 Å². The second-order valence-corrected chi connectivity index (χ2v) is 5.26. The number of nitrogens with zero attached hydrogens (tertiary/aromatic N) is 1. The first-order valence-electron chi connectivity index (χ1n) is 6.68. The van der Waals surface area contributed by atoms with Gasteiger partial charge in [-0.05, 0) is 41.5 Å². The lowest BCUT2D eigenvalue weighted by atomic mass is 9.94. The van der Waals surface area contributed by atoms with Crippen molar-refractivity contribution in [2.45, 2.75) is 25.4 Å². The Morgan fingerprint density at radius 1 is 1.16 bits per heavy atom. The minimum Gasteiger partial charge on any atom is -0.392 e. The van der Waals surface area contributed by atoms with Gasteiger partial charge in [0.2, 0.25) is 0 Å². The highest BCUT2D eigenvalue weighted by atomic mass is 16.3.